The van der Waals surface area contributed by atoms with Gasteiger partial charge in [-0.1, -0.05) is 13.8 Å². The Balaban J connectivity index is 2.15. The first-order chi connectivity index (χ1) is 12.7. The minimum Gasteiger partial charge on any atom is -0.491 e. The van der Waals surface area contributed by atoms with Crippen molar-refractivity contribution in [1.29, 1.82) is 0 Å². The maximum absolute atomic E-state index is 12.8. The van der Waals surface area contributed by atoms with Crippen LogP contribution < -0.4 is 9.46 Å². The second kappa shape index (κ2) is 9.52. The van der Waals surface area contributed by atoms with E-state index >= 15 is 0 Å². The highest BCUT2D eigenvalue weighted by Crippen LogP contribution is 2.19. The molecule has 0 radical (unpaired) electrons. The van der Waals surface area contributed by atoms with Gasteiger partial charge in [0.1, 0.15) is 11.8 Å². The number of morpholine rings is 1. The SMILES string of the molecule is CC(C)C[C@H](NS(=O)(=O)c1ccc(OC(C)C)cc1)C(=O)N1CCOCC1. The first kappa shape index (κ1) is 21.7. The molecule has 1 aromatic carbocycles. The van der Waals surface area contributed by atoms with Gasteiger partial charge in [0.25, 0.3) is 0 Å². The Hall–Kier alpha value is -1.64. The van der Waals surface area contributed by atoms with Gasteiger partial charge >= 0.3 is 0 Å². The number of rotatable bonds is 8. The number of sulfonamides is 1. The Morgan fingerprint density at radius 1 is 1.15 bits per heavy atom. The Morgan fingerprint density at radius 2 is 1.74 bits per heavy atom. The summed E-state index contributed by atoms with van der Waals surface area (Å²) in [5.74, 6) is 0.576. The molecule has 27 heavy (non-hydrogen) atoms. The van der Waals surface area contributed by atoms with Crippen molar-refractivity contribution in [2.24, 2.45) is 5.92 Å². The highest BCUT2D eigenvalue weighted by atomic mass is 32.2. The smallest absolute Gasteiger partial charge is 0.241 e. The van der Waals surface area contributed by atoms with Gasteiger partial charge in [-0.15, -0.1) is 0 Å². The van der Waals surface area contributed by atoms with Crippen LogP contribution in [-0.4, -0.2) is 57.7 Å². The summed E-state index contributed by atoms with van der Waals surface area (Å²) in [7, 11) is -3.82. The molecule has 8 heteroatoms. The second-order valence-electron chi connectivity index (χ2n) is 7.38. The Labute approximate surface area is 162 Å². The van der Waals surface area contributed by atoms with Gasteiger partial charge in [-0.05, 0) is 50.5 Å². The quantitative estimate of drug-likeness (QED) is 0.724. The number of carbonyl (C=O) groups excluding carboxylic acids is 1. The van der Waals surface area contributed by atoms with Gasteiger partial charge in [-0.25, -0.2) is 8.42 Å². The molecule has 1 aromatic rings. The number of nitrogens with one attached hydrogen (secondary N) is 1. The zero-order valence-electron chi connectivity index (χ0n) is 16.5. The van der Waals surface area contributed by atoms with Crippen molar-refractivity contribution in [3.05, 3.63) is 24.3 Å². The van der Waals surface area contributed by atoms with Gasteiger partial charge in [0.05, 0.1) is 24.2 Å². The molecule has 1 N–H and O–H groups in total. The van der Waals surface area contributed by atoms with Crippen LogP contribution in [0.4, 0.5) is 0 Å². The van der Waals surface area contributed by atoms with Crippen LogP contribution in [0.2, 0.25) is 0 Å². The number of amides is 1. The maximum Gasteiger partial charge on any atom is 0.241 e. The summed E-state index contributed by atoms with van der Waals surface area (Å²) in [6.45, 7) is 9.65. The molecule has 1 atom stereocenters. The molecule has 0 saturated carbocycles. The van der Waals surface area contributed by atoms with Crippen molar-refractivity contribution >= 4 is 15.9 Å². The predicted molar refractivity (Wildman–Crippen MR) is 103 cm³/mol. The van der Waals surface area contributed by atoms with Crippen LogP contribution in [0.1, 0.15) is 34.1 Å². The third kappa shape index (κ3) is 6.48. The van der Waals surface area contributed by atoms with Crippen LogP contribution in [0, 0.1) is 5.92 Å². The van der Waals surface area contributed by atoms with Gasteiger partial charge in [-0.2, -0.15) is 4.72 Å². The summed E-state index contributed by atoms with van der Waals surface area (Å²) in [6, 6.07) is 5.43. The second-order valence-corrected chi connectivity index (χ2v) is 9.09. The molecule has 0 aromatic heterocycles. The van der Waals surface area contributed by atoms with Crippen molar-refractivity contribution in [2.75, 3.05) is 26.3 Å². The molecule has 7 nitrogen and oxygen atoms in total. The fourth-order valence-corrected chi connectivity index (χ4v) is 4.10. The number of hydrogen-bond donors (Lipinski definition) is 1. The zero-order chi connectivity index (χ0) is 20.0. The van der Waals surface area contributed by atoms with E-state index in [1.807, 2.05) is 27.7 Å². The van der Waals surface area contributed by atoms with E-state index in [-0.39, 0.29) is 22.8 Å². The normalized spacial score (nSPS) is 16.6. The van der Waals surface area contributed by atoms with Crippen molar-refractivity contribution in [3.8, 4) is 5.75 Å². The van der Waals surface area contributed by atoms with Gasteiger partial charge in [0.2, 0.25) is 15.9 Å². The minimum absolute atomic E-state index is 0.00662. The molecule has 1 saturated heterocycles. The third-order valence-corrected chi connectivity index (χ3v) is 5.62. The molecular weight excluding hydrogens is 368 g/mol. The summed E-state index contributed by atoms with van der Waals surface area (Å²) < 4.78 is 39.0. The van der Waals surface area contributed by atoms with Gasteiger partial charge in [0, 0.05) is 13.1 Å². The molecule has 0 unspecified atom stereocenters. The highest BCUT2D eigenvalue weighted by molar-refractivity contribution is 7.89. The average molecular weight is 399 g/mol. The van der Waals surface area contributed by atoms with Crippen molar-refractivity contribution in [3.63, 3.8) is 0 Å². The topological polar surface area (TPSA) is 84.9 Å². The van der Waals surface area contributed by atoms with Crippen LogP contribution in [0.5, 0.6) is 5.75 Å². The van der Waals surface area contributed by atoms with Crippen LogP contribution >= 0.6 is 0 Å². The zero-order valence-corrected chi connectivity index (χ0v) is 17.3. The largest absolute Gasteiger partial charge is 0.491 e. The lowest BCUT2D eigenvalue weighted by Gasteiger charge is -2.31. The van der Waals surface area contributed by atoms with E-state index in [2.05, 4.69) is 4.72 Å². The van der Waals surface area contributed by atoms with E-state index in [1.54, 1.807) is 17.0 Å². The molecule has 1 aliphatic rings. The van der Waals surface area contributed by atoms with Crippen molar-refractivity contribution in [2.45, 2.75) is 51.2 Å². The summed E-state index contributed by atoms with van der Waals surface area (Å²) in [4.78, 5) is 14.6. The Morgan fingerprint density at radius 3 is 2.26 bits per heavy atom. The molecule has 0 spiro atoms. The third-order valence-electron chi connectivity index (χ3n) is 4.13. The van der Waals surface area contributed by atoms with E-state index in [9.17, 15) is 13.2 Å². The van der Waals surface area contributed by atoms with Crippen LogP contribution in [0.3, 0.4) is 0 Å². The van der Waals surface area contributed by atoms with Crippen molar-refractivity contribution < 1.29 is 22.7 Å². The molecule has 1 heterocycles. The lowest BCUT2D eigenvalue weighted by molar-refractivity contribution is -0.137. The lowest BCUT2D eigenvalue weighted by atomic mass is 10.0. The number of nitrogens with zero attached hydrogens (tertiary/aromatic N) is 1. The number of benzene rings is 1. The summed E-state index contributed by atoms with van der Waals surface area (Å²) in [5.41, 5.74) is 0. The standard InChI is InChI=1S/C19H30N2O5S/c1-14(2)13-18(19(22)21-9-11-25-12-10-21)20-27(23,24)17-7-5-16(6-8-17)26-15(3)4/h5-8,14-15,18,20H,9-13H2,1-4H3/t18-/m0/s1. The molecule has 152 valence electrons. The van der Waals surface area contributed by atoms with E-state index in [1.165, 1.54) is 12.1 Å². The van der Waals surface area contributed by atoms with Crippen LogP contribution in [0.25, 0.3) is 0 Å². The molecule has 0 bridgehead atoms. The molecule has 1 fully saturated rings. The predicted octanol–water partition coefficient (Wildman–Crippen LogP) is 2.03. The maximum atomic E-state index is 12.8. The van der Waals surface area contributed by atoms with Crippen LogP contribution in [-0.2, 0) is 19.6 Å². The molecule has 0 aliphatic carbocycles. The van der Waals surface area contributed by atoms with E-state index in [0.29, 0.717) is 38.5 Å². The Bertz CT molecular complexity index is 710. The minimum atomic E-state index is -3.82. The van der Waals surface area contributed by atoms with Crippen LogP contribution in [0.15, 0.2) is 29.2 Å². The fourth-order valence-electron chi connectivity index (χ4n) is 2.90. The summed E-state index contributed by atoms with van der Waals surface area (Å²) in [5, 5.41) is 0. The first-order valence-electron chi connectivity index (χ1n) is 9.34. The summed E-state index contributed by atoms with van der Waals surface area (Å²) in [6.07, 6.45) is 0.441. The van der Waals surface area contributed by atoms with Gasteiger partial charge in [0.15, 0.2) is 0 Å². The van der Waals surface area contributed by atoms with E-state index < -0.39 is 16.1 Å². The molecular formula is C19H30N2O5S. The summed E-state index contributed by atoms with van der Waals surface area (Å²) >= 11 is 0. The van der Waals surface area contributed by atoms with Gasteiger partial charge < -0.3 is 14.4 Å². The molecule has 2 rings (SSSR count). The average Bonchev–Trinajstić information content (AvgIpc) is 2.60. The van der Waals surface area contributed by atoms with Gasteiger partial charge in [-0.3, -0.25) is 4.79 Å². The number of ether oxygens (including phenoxy) is 2. The molecule has 1 amide bonds. The fraction of sp³-hybridized carbons (Fsp3) is 0.632. The van der Waals surface area contributed by atoms with E-state index in [4.69, 9.17) is 9.47 Å². The first-order valence-corrected chi connectivity index (χ1v) is 10.8. The Kier molecular flexibility index (Phi) is 7.64. The number of carbonyl (C=O) groups is 1. The number of hydrogen-bond acceptors (Lipinski definition) is 5. The van der Waals surface area contributed by atoms with Crippen molar-refractivity contribution in [1.82, 2.24) is 9.62 Å². The lowest BCUT2D eigenvalue weighted by Crippen LogP contribution is -2.52. The van der Waals surface area contributed by atoms with E-state index in [0.717, 1.165) is 0 Å². The monoisotopic (exact) mass is 398 g/mol. The highest BCUT2D eigenvalue weighted by Gasteiger charge is 2.30. The molecule has 1 aliphatic heterocycles.